The number of nitrogens with zero attached hydrogens (tertiary/aromatic N) is 3. The molecule has 1 aliphatic heterocycles. The molecule has 1 aliphatic rings. The second kappa shape index (κ2) is 8.94. The Kier molecular flexibility index (Phi) is 6.14. The summed E-state index contributed by atoms with van der Waals surface area (Å²) in [5.74, 6) is 1.52. The van der Waals surface area contributed by atoms with Crippen molar-refractivity contribution in [2.45, 2.75) is 11.4 Å². The second-order valence-electron chi connectivity index (χ2n) is 6.70. The van der Waals surface area contributed by atoms with Crippen LogP contribution in [0.25, 0.3) is 10.2 Å². The van der Waals surface area contributed by atoms with Crippen molar-refractivity contribution in [3.63, 3.8) is 0 Å². The molecule has 2 heterocycles. The summed E-state index contributed by atoms with van der Waals surface area (Å²) in [6.45, 7) is 4.23. The van der Waals surface area contributed by atoms with Crippen LogP contribution in [0.5, 0.6) is 5.75 Å². The summed E-state index contributed by atoms with van der Waals surface area (Å²) >= 11 is 3.34. The minimum atomic E-state index is 0.209. The predicted molar refractivity (Wildman–Crippen MR) is 115 cm³/mol. The summed E-state index contributed by atoms with van der Waals surface area (Å²) in [5, 5.41) is 1.15. The Balaban J connectivity index is 1.24. The zero-order valence-electron chi connectivity index (χ0n) is 15.8. The minimum Gasteiger partial charge on any atom is -0.497 e. The van der Waals surface area contributed by atoms with Gasteiger partial charge in [0, 0.05) is 31.1 Å². The van der Waals surface area contributed by atoms with Gasteiger partial charge in [0.1, 0.15) is 10.8 Å². The van der Waals surface area contributed by atoms with E-state index < -0.39 is 0 Å². The zero-order chi connectivity index (χ0) is 19.3. The van der Waals surface area contributed by atoms with E-state index in [9.17, 15) is 4.79 Å². The number of piperazine rings is 1. The molecule has 7 heteroatoms. The van der Waals surface area contributed by atoms with Crippen molar-refractivity contribution in [1.29, 1.82) is 0 Å². The fraction of sp³-hybridized carbons (Fsp3) is 0.333. The van der Waals surface area contributed by atoms with Gasteiger partial charge in [-0.05, 0) is 36.4 Å². The molecule has 0 atom stereocenters. The van der Waals surface area contributed by atoms with Gasteiger partial charge in [0.15, 0.2) is 0 Å². The number of fused-ring (bicyclic) bond motifs is 1. The Hall–Kier alpha value is -2.09. The number of ether oxygens (including phenoxy) is 1. The highest BCUT2D eigenvalue weighted by atomic mass is 32.2. The molecule has 3 aromatic rings. The first-order valence-corrected chi connectivity index (χ1v) is 11.1. The smallest absolute Gasteiger partial charge is 0.233 e. The normalized spacial score (nSPS) is 15.1. The molecular formula is C21H23N3O2S2. The second-order valence-corrected chi connectivity index (χ2v) is 8.86. The van der Waals surface area contributed by atoms with Gasteiger partial charge < -0.3 is 9.64 Å². The molecule has 1 fully saturated rings. The van der Waals surface area contributed by atoms with Crippen LogP contribution in [0.4, 0.5) is 0 Å². The number of methoxy groups -OCH3 is 1. The lowest BCUT2D eigenvalue weighted by Gasteiger charge is -2.34. The van der Waals surface area contributed by atoms with E-state index in [1.54, 1.807) is 30.2 Å². The molecule has 146 valence electrons. The quantitative estimate of drug-likeness (QED) is 0.576. The number of rotatable bonds is 6. The third-order valence-corrected chi connectivity index (χ3v) is 6.86. The summed E-state index contributed by atoms with van der Waals surface area (Å²) < 4.78 is 6.40. The molecule has 1 saturated heterocycles. The molecule has 1 amide bonds. The van der Waals surface area contributed by atoms with Crippen molar-refractivity contribution in [3.8, 4) is 5.75 Å². The Morgan fingerprint density at radius 1 is 1.11 bits per heavy atom. The van der Waals surface area contributed by atoms with Gasteiger partial charge in [-0.25, -0.2) is 4.98 Å². The first kappa shape index (κ1) is 19.2. The van der Waals surface area contributed by atoms with Crippen LogP contribution in [0, 0.1) is 0 Å². The topological polar surface area (TPSA) is 45.7 Å². The predicted octanol–water partition coefficient (Wildman–Crippen LogP) is 3.74. The summed E-state index contributed by atoms with van der Waals surface area (Å²) in [6.07, 6.45) is 0. The fourth-order valence-electron chi connectivity index (χ4n) is 3.24. The maximum absolute atomic E-state index is 12.5. The van der Waals surface area contributed by atoms with Crippen LogP contribution in [0.1, 0.15) is 5.01 Å². The monoisotopic (exact) mass is 413 g/mol. The van der Waals surface area contributed by atoms with Gasteiger partial charge in [0.25, 0.3) is 0 Å². The van der Waals surface area contributed by atoms with E-state index in [-0.39, 0.29) is 5.91 Å². The highest BCUT2D eigenvalue weighted by molar-refractivity contribution is 8.00. The number of thioether (sulfide) groups is 1. The number of hydrogen-bond acceptors (Lipinski definition) is 6. The molecule has 28 heavy (non-hydrogen) atoms. The van der Waals surface area contributed by atoms with E-state index in [0.29, 0.717) is 5.75 Å². The number of hydrogen-bond donors (Lipinski definition) is 0. The lowest BCUT2D eigenvalue weighted by molar-refractivity contribution is -0.130. The fourth-order valence-corrected chi connectivity index (χ4v) is 5.05. The Morgan fingerprint density at radius 3 is 2.57 bits per heavy atom. The van der Waals surface area contributed by atoms with E-state index in [1.807, 2.05) is 35.2 Å². The molecule has 0 saturated carbocycles. The average Bonchev–Trinajstić information content (AvgIpc) is 3.15. The van der Waals surface area contributed by atoms with Crippen molar-refractivity contribution in [2.75, 3.05) is 39.0 Å². The average molecular weight is 414 g/mol. The van der Waals surface area contributed by atoms with Gasteiger partial charge in [0.05, 0.1) is 29.6 Å². The molecule has 1 aromatic heterocycles. The molecule has 2 aromatic carbocycles. The Labute approximate surface area is 173 Å². The highest BCUT2D eigenvalue weighted by Crippen LogP contribution is 2.24. The number of amides is 1. The molecular weight excluding hydrogens is 390 g/mol. The lowest BCUT2D eigenvalue weighted by Crippen LogP contribution is -2.48. The number of benzene rings is 2. The molecule has 0 bridgehead atoms. The number of thiazole rings is 1. The third kappa shape index (κ3) is 4.66. The number of aromatic nitrogens is 1. The van der Waals surface area contributed by atoms with Crippen LogP contribution in [0.2, 0.25) is 0 Å². The summed E-state index contributed by atoms with van der Waals surface area (Å²) in [7, 11) is 1.65. The largest absolute Gasteiger partial charge is 0.497 e. The molecule has 0 unspecified atom stereocenters. The maximum Gasteiger partial charge on any atom is 0.233 e. The number of para-hydroxylation sites is 1. The number of carbonyl (C=O) groups is 1. The van der Waals surface area contributed by atoms with E-state index in [0.717, 1.165) is 53.9 Å². The molecule has 0 radical (unpaired) electrons. The van der Waals surface area contributed by atoms with Crippen LogP contribution in [0.15, 0.2) is 53.4 Å². The van der Waals surface area contributed by atoms with Crippen molar-refractivity contribution >= 4 is 39.2 Å². The molecule has 4 rings (SSSR count). The SMILES string of the molecule is COc1ccc(SCC(=O)N2CCN(Cc3nc4ccccc4s3)CC2)cc1. The minimum absolute atomic E-state index is 0.209. The third-order valence-electron chi connectivity index (χ3n) is 4.84. The molecule has 0 N–H and O–H groups in total. The van der Waals surface area contributed by atoms with Gasteiger partial charge in [-0.2, -0.15) is 0 Å². The van der Waals surface area contributed by atoms with Gasteiger partial charge >= 0.3 is 0 Å². The van der Waals surface area contributed by atoms with Crippen molar-refractivity contribution in [3.05, 3.63) is 53.5 Å². The van der Waals surface area contributed by atoms with Crippen molar-refractivity contribution in [1.82, 2.24) is 14.8 Å². The van der Waals surface area contributed by atoms with E-state index in [4.69, 9.17) is 9.72 Å². The summed E-state index contributed by atoms with van der Waals surface area (Å²) in [4.78, 5) is 22.7. The lowest BCUT2D eigenvalue weighted by atomic mass is 10.3. The van der Waals surface area contributed by atoms with Crippen LogP contribution in [0.3, 0.4) is 0 Å². The van der Waals surface area contributed by atoms with E-state index >= 15 is 0 Å². The van der Waals surface area contributed by atoms with Gasteiger partial charge in [-0.1, -0.05) is 12.1 Å². The molecule has 0 spiro atoms. The molecule has 0 aliphatic carbocycles. The van der Waals surface area contributed by atoms with E-state index in [2.05, 4.69) is 23.1 Å². The van der Waals surface area contributed by atoms with Crippen LogP contribution in [-0.2, 0) is 11.3 Å². The van der Waals surface area contributed by atoms with Crippen LogP contribution in [-0.4, -0.2) is 59.7 Å². The summed E-state index contributed by atoms with van der Waals surface area (Å²) in [5.41, 5.74) is 1.08. The Bertz CT molecular complexity index is 901. The number of carbonyl (C=O) groups excluding carboxylic acids is 1. The van der Waals surface area contributed by atoms with Gasteiger partial charge in [0.2, 0.25) is 5.91 Å². The zero-order valence-corrected chi connectivity index (χ0v) is 17.5. The van der Waals surface area contributed by atoms with Crippen LogP contribution >= 0.6 is 23.1 Å². The van der Waals surface area contributed by atoms with Crippen molar-refractivity contribution < 1.29 is 9.53 Å². The Morgan fingerprint density at radius 2 is 1.86 bits per heavy atom. The maximum atomic E-state index is 12.5. The summed E-state index contributed by atoms with van der Waals surface area (Å²) in [6, 6.07) is 16.1. The standard InChI is InChI=1S/C21H23N3O2S2/c1-26-16-6-8-17(9-7-16)27-15-21(25)24-12-10-23(11-13-24)14-20-22-18-4-2-3-5-19(18)28-20/h2-9H,10-15H2,1H3. The first-order valence-electron chi connectivity index (χ1n) is 9.33. The highest BCUT2D eigenvalue weighted by Gasteiger charge is 2.22. The first-order chi connectivity index (χ1) is 13.7. The molecule has 5 nitrogen and oxygen atoms in total. The van der Waals surface area contributed by atoms with E-state index in [1.165, 1.54) is 4.70 Å². The van der Waals surface area contributed by atoms with Crippen molar-refractivity contribution in [2.24, 2.45) is 0 Å². The van der Waals surface area contributed by atoms with Gasteiger partial charge in [-0.3, -0.25) is 9.69 Å². The van der Waals surface area contributed by atoms with Crippen LogP contribution < -0.4 is 4.74 Å². The van der Waals surface area contributed by atoms with Gasteiger partial charge in [-0.15, -0.1) is 23.1 Å².